The Bertz CT molecular complexity index is 1320. The van der Waals surface area contributed by atoms with Crippen molar-refractivity contribution in [3.63, 3.8) is 0 Å². The van der Waals surface area contributed by atoms with Crippen LogP contribution < -0.4 is 9.46 Å². The van der Waals surface area contributed by atoms with Crippen LogP contribution in [0.3, 0.4) is 0 Å². The molecule has 0 aliphatic rings. The predicted octanol–water partition coefficient (Wildman–Crippen LogP) is 4.19. The number of ether oxygens (including phenoxy) is 2. The average molecular weight is 572 g/mol. The highest BCUT2D eigenvalue weighted by molar-refractivity contribution is 7.89. The molecule has 3 aromatic rings. The van der Waals surface area contributed by atoms with E-state index in [1.165, 1.54) is 23.2 Å². The maximum Gasteiger partial charge on any atom is 0.417 e. The normalized spacial score (nSPS) is 12.5. The summed E-state index contributed by atoms with van der Waals surface area (Å²) >= 11 is 0. The standard InChI is InChI=1S/C28H37N5O6S/c1-5-6-9-17-33(27(35)39-26(34)19-31-40(36,37)25-10-7-8-15-30-25)24(28(2,3)4)20-38-23-13-11-22(12-14-23)32-18-16-29-21-32/h7-8,10-16,18,21,24,31H,5-6,9,17,19-20H2,1-4H3/t24-/m1/s1. The molecule has 1 amide bonds. The van der Waals surface area contributed by atoms with Crippen molar-refractivity contribution in [1.29, 1.82) is 0 Å². The van der Waals surface area contributed by atoms with Gasteiger partial charge < -0.3 is 18.9 Å². The van der Waals surface area contributed by atoms with E-state index < -0.39 is 40.1 Å². The number of esters is 1. The first kappa shape index (κ1) is 30.8. The molecule has 2 aromatic heterocycles. The van der Waals surface area contributed by atoms with Gasteiger partial charge in [0.2, 0.25) is 0 Å². The lowest BCUT2D eigenvalue weighted by Crippen LogP contribution is -2.52. The van der Waals surface area contributed by atoms with Gasteiger partial charge in [-0.2, -0.15) is 4.72 Å². The van der Waals surface area contributed by atoms with Crippen LogP contribution in [0.2, 0.25) is 0 Å². The summed E-state index contributed by atoms with van der Waals surface area (Å²) in [7, 11) is -4.04. The van der Waals surface area contributed by atoms with Gasteiger partial charge in [0.1, 0.15) is 18.9 Å². The first-order chi connectivity index (χ1) is 19.0. The van der Waals surface area contributed by atoms with Crippen LogP contribution in [0, 0.1) is 5.41 Å². The van der Waals surface area contributed by atoms with Crippen LogP contribution in [0.15, 0.2) is 72.4 Å². The number of nitrogens with zero attached hydrogens (tertiary/aromatic N) is 4. The Hall–Kier alpha value is -3.77. The number of hydrogen-bond donors (Lipinski definition) is 1. The van der Waals surface area contributed by atoms with Crippen molar-refractivity contribution < 1.29 is 27.5 Å². The summed E-state index contributed by atoms with van der Waals surface area (Å²) in [5, 5.41) is -0.238. The van der Waals surface area contributed by atoms with Gasteiger partial charge in [0.05, 0.1) is 12.4 Å². The molecular weight excluding hydrogens is 534 g/mol. The minimum absolute atomic E-state index is 0.162. The zero-order valence-corrected chi connectivity index (χ0v) is 24.1. The van der Waals surface area contributed by atoms with E-state index in [0.717, 1.165) is 18.5 Å². The fraction of sp³-hybridized carbons (Fsp3) is 0.429. The number of amides is 1. The van der Waals surface area contributed by atoms with E-state index in [0.29, 0.717) is 18.7 Å². The third-order valence-corrected chi connectivity index (χ3v) is 7.50. The Morgan fingerprint density at radius 3 is 2.42 bits per heavy atom. The second-order valence-electron chi connectivity index (χ2n) is 10.3. The highest BCUT2D eigenvalue weighted by Crippen LogP contribution is 2.27. The van der Waals surface area contributed by atoms with Gasteiger partial charge in [0.25, 0.3) is 10.0 Å². The molecule has 0 unspecified atom stereocenters. The number of carbonyl (C=O) groups excluding carboxylic acids is 2. The lowest BCUT2D eigenvalue weighted by molar-refractivity contribution is -0.137. The van der Waals surface area contributed by atoms with Gasteiger partial charge in [-0.3, -0.25) is 4.79 Å². The molecule has 1 atom stereocenters. The zero-order valence-electron chi connectivity index (χ0n) is 23.3. The van der Waals surface area contributed by atoms with Crippen molar-refractivity contribution in [1.82, 2.24) is 24.2 Å². The number of carbonyl (C=O) groups is 2. The first-order valence-electron chi connectivity index (χ1n) is 13.1. The van der Waals surface area contributed by atoms with Crippen LogP contribution in [0.25, 0.3) is 5.69 Å². The Labute approximate surface area is 235 Å². The van der Waals surface area contributed by atoms with Crippen LogP contribution in [-0.2, 0) is 19.6 Å². The minimum atomic E-state index is -4.04. The predicted molar refractivity (Wildman–Crippen MR) is 149 cm³/mol. The molecule has 1 N–H and O–H groups in total. The number of aromatic nitrogens is 3. The van der Waals surface area contributed by atoms with Crippen LogP contribution >= 0.6 is 0 Å². The lowest BCUT2D eigenvalue weighted by atomic mass is 9.86. The number of rotatable bonds is 13. The molecule has 216 valence electrons. The molecule has 0 saturated carbocycles. The topological polar surface area (TPSA) is 133 Å². The van der Waals surface area contributed by atoms with E-state index in [2.05, 4.69) is 21.6 Å². The molecule has 0 spiro atoms. The lowest BCUT2D eigenvalue weighted by Gasteiger charge is -2.39. The summed E-state index contributed by atoms with van der Waals surface area (Å²) in [5.74, 6) is -0.395. The van der Waals surface area contributed by atoms with Gasteiger partial charge in [-0.05, 0) is 48.2 Å². The van der Waals surface area contributed by atoms with E-state index in [9.17, 15) is 18.0 Å². The number of benzene rings is 1. The van der Waals surface area contributed by atoms with E-state index in [1.807, 2.05) is 55.8 Å². The summed E-state index contributed by atoms with van der Waals surface area (Å²) in [4.78, 5) is 35.1. The van der Waals surface area contributed by atoms with Crippen LogP contribution in [0.1, 0.15) is 47.0 Å². The van der Waals surface area contributed by atoms with Gasteiger partial charge in [-0.25, -0.2) is 23.2 Å². The molecule has 0 aliphatic heterocycles. The molecule has 0 radical (unpaired) electrons. The Morgan fingerprint density at radius 2 is 1.82 bits per heavy atom. The van der Waals surface area contributed by atoms with Crippen molar-refractivity contribution in [2.45, 2.75) is 58.0 Å². The highest BCUT2D eigenvalue weighted by Gasteiger charge is 2.36. The number of imidazole rings is 1. The minimum Gasteiger partial charge on any atom is -0.491 e. The fourth-order valence-electron chi connectivity index (χ4n) is 3.94. The molecule has 40 heavy (non-hydrogen) atoms. The summed E-state index contributed by atoms with van der Waals surface area (Å²) in [6, 6.07) is 11.4. The molecule has 2 heterocycles. The maximum atomic E-state index is 13.2. The van der Waals surface area contributed by atoms with Gasteiger partial charge in [0, 0.05) is 30.8 Å². The van der Waals surface area contributed by atoms with Crippen molar-refractivity contribution >= 4 is 22.1 Å². The van der Waals surface area contributed by atoms with E-state index in [1.54, 1.807) is 18.6 Å². The third-order valence-electron chi connectivity index (χ3n) is 6.18. The van der Waals surface area contributed by atoms with Crippen molar-refractivity contribution in [2.75, 3.05) is 19.7 Å². The van der Waals surface area contributed by atoms with E-state index in [4.69, 9.17) is 9.47 Å². The summed E-state index contributed by atoms with van der Waals surface area (Å²) in [6.45, 7) is 7.79. The molecule has 0 saturated heterocycles. The van der Waals surface area contributed by atoms with Gasteiger partial charge in [-0.1, -0.05) is 46.6 Å². The number of pyridine rings is 1. The Balaban J connectivity index is 1.68. The van der Waals surface area contributed by atoms with Crippen LogP contribution in [0.5, 0.6) is 5.75 Å². The first-order valence-corrected chi connectivity index (χ1v) is 14.6. The molecule has 0 aliphatic carbocycles. The Kier molecular flexibility index (Phi) is 10.8. The zero-order chi connectivity index (χ0) is 29.2. The Morgan fingerprint density at radius 1 is 1.07 bits per heavy atom. The smallest absolute Gasteiger partial charge is 0.417 e. The average Bonchev–Trinajstić information content (AvgIpc) is 3.46. The van der Waals surface area contributed by atoms with Crippen molar-refractivity contribution in [3.05, 3.63) is 67.4 Å². The monoisotopic (exact) mass is 571 g/mol. The fourth-order valence-corrected chi connectivity index (χ4v) is 4.85. The van der Waals surface area contributed by atoms with E-state index >= 15 is 0 Å². The summed E-state index contributed by atoms with van der Waals surface area (Å²) in [6.07, 6.45) is 8.26. The molecule has 0 fully saturated rings. The quantitative estimate of drug-likeness (QED) is 0.183. The van der Waals surface area contributed by atoms with Crippen molar-refractivity contribution in [3.8, 4) is 11.4 Å². The van der Waals surface area contributed by atoms with Gasteiger partial charge >= 0.3 is 12.1 Å². The molecule has 1 aromatic carbocycles. The number of hydrogen-bond acceptors (Lipinski definition) is 8. The van der Waals surface area contributed by atoms with Crippen LogP contribution in [0.4, 0.5) is 4.79 Å². The van der Waals surface area contributed by atoms with Gasteiger partial charge in [-0.15, -0.1) is 0 Å². The van der Waals surface area contributed by atoms with E-state index in [-0.39, 0.29) is 11.6 Å². The second-order valence-corrected chi connectivity index (χ2v) is 12.0. The molecular formula is C28H37N5O6S. The summed E-state index contributed by atoms with van der Waals surface area (Å²) < 4.78 is 40.0. The SMILES string of the molecule is CCCCCN(C(=O)OC(=O)CNS(=O)(=O)c1ccccn1)[C@H](COc1ccc(-n2ccnc2)cc1)C(C)(C)C. The maximum absolute atomic E-state index is 13.2. The van der Waals surface area contributed by atoms with Gasteiger partial charge in [0.15, 0.2) is 5.03 Å². The number of sulfonamides is 1. The second kappa shape index (κ2) is 14.0. The number of nitrogens with one attached hydrogen (secondary N) is 1. The molecule has 3 rings (SSSR count). The molecule has 11 nitrogen and oxygen atoms in total. The number of unbranched alkanes of at least 4 members (excludes halogenated alkanes) is 2. The van der Waals surface area contributed by atoms with Crippen LogP contribution in [-0.4, -0.2) is 65.7 Å². The molecule has 12 heteroatoms. The molecule has 0 bridgehead atoms. The highest BCUT2D eigenvalue weighted by atomic mass is 32.2. The summed E-state index contributed by atoms with van der Waals surface area (Å²) in [5.41, 5.74) is 0.505. The largest absolute Gasteiger partial charge is 0.491 e. The van der Waals surface area contributed by atoms with Crippen molar-refractivity contribution in [2.24, 2.45) is 5.41 Å². The third kappa shape index (κ3) is 8.88.